The van der Waals surface area contributed by atoms with Crippen molar-refractivity contribution >= 4 is 55.6 Å². The lowest BCUT2D eigenvalue weighted by Crippen LogP contribution is -2.45. The number of likely N-dealkylation sites (N-methyl/N-ethyl adjacent to an activating group) is 1. The Bertz CT molecular complexity index is 1930. The maximum absolute atomic E-state index is 13.3. The minimum atomic E-state index is -1.38. The number of rotatable bonds is 6. The molecule has 1 fully saturated rings. The van der Waals surface area contributed by atoms with Gasteiger partial charge in [0.1, 0.15) is 12.2 Å². The van der Waals surface area contributed by atoms with Crippen LogP contribution in [0.15, 0.2) is 48.5 Å². The highest BCUT2D eigenvalue weighted by Gasteiger charge is 2.39. The zero-order valence-corrected chi connectivity index (χ0v) is 24.4. The summed E-state index contributed by atoms with van der Waals surface area (Å²) in [4.78, 5) is 30.8. The van der Waals surface area contributed by atoms with E-state index >= 15 is 0 Å². The molecule has 0 radical (unpaired) electrons. The minimum absolute atomic E-state index is 0.0660. The molecule has 0 bridgehead atoms. The predicted octanol–water partition coefficient (Wildman–Crippen LogP) is 3.25. The standard InChI is InChI=1S/C33H36N6O4/c1-36-13-15-37(16-14-36)12-6-11-34-32(41)43-20-33(42)18-38-24-9-4-2-7-21(24)26-23-17-35-31(40)28(23)27-22-8-3-5-10-25(22)39(19-33)30(27)29(26)38/h2-5,7-10,42H,6,11-20H2,1H3,(H,34,41)(H,35,40). The molecule has 2 amide bonds. The van der Waals surface area contributed by atoms with Crippen molar-refractivity contribution < 1.29 is 19.4 Å². The van der Waals surface area contributed by atoms with Gasteiger partial charge in [0.25, 0.3) is 5.91 Å². The molecule has 0 saturated carbocycles. The van der Waals surface area contributed by atoms with Crippen molar-refractivity contribution in [2.24, 2.45) is 0 Å². The lowest BCUT2D eigenvalue weighted by atomic mass is 9.97. The van der Waals surface area contributed by atoms with E-state index in [-0.39, 0.29) is 25.6 Å². The van der Waals surface area contributed by atoms with Crippen LogP contribution in [-0.2, 0) is 24.4 Å². The van der Waals surface area contributed by atoms with Gasteiger partial charge in [-0.1, -0.05) is 36.4 Å². The topological polar surface area (TPSA) is 104 Å². The summed E-state index contributed by atoms with van der Waals surface area (Å²) >= 11 is 0. The van der Waals surface area contributed by atoms with Gasteiger partial charge in [-0.3, -0.25) is 4.79 Å². The van der Waals surface area contributed by atoms with Gasteiger partial charge >= 0.3 is 6.09 Å². The molecule has 3 N–H and O–H groups in total. The number of ether oxygens (including phenoxy) is 1. The highest BCUT2D eigenvalue weighted by molar-refractivity contribution is 6.30. The predicted molar refractivity (Wildman–Crippen MR) is 166 cm³/mol. The van der Waals surface area contributed by atoms with E-state index in [4.69, 9.17) is 4.74 Å². The number of nitrogens with one attached hydrogen (secondary N) is 2. The van der Waals surface area contributed by atoms with Crippen LogP contribution in [0.5, 0.6) is 0 Å². The highest BCUT2D eigenvalue weighted by Crippen LogP contribution is 2.46. The number of benzene rings is 3. The van der Waals surface area contributed by atoms with Gasteiger partial charge in [-0.25, -0.2) is 4.79 Å². The number of aliphatic hydroxyl groups is 1. The van der Waals surface area contributed by atoms with Crippen molar-refractivity contribution in [1.29, 1.82) is 0 Å². The van der Waals surface area contributed by atoms with Crippen molar-refractivity contribution in [2.45, 2.75) is 31.7 Å². The second-order valence-corrected chi connectivity index (χ2v) is 12.4. The molecule has 2 aromatic heterocycles. The molecule has 10 nitrogen and oxygen atoms in total. The molecule has 5 aromatic rings. The Morgan fingerprint density at radius 1 is 0.953 bits per heavy atom. The fourth-order valence-electron chi connectivity index (χ4n) is 7.49. The summed E-state index contributed by atoms with van der Waals surface area (Å²) in [6, 6.07) is 16.2. The molecule has 10 heteroatoms. The number of piperazine rings is 1. The first-order valence-corrected chi connectivity index (χ1v) is 15.2. The second kappa shape index (κ2) is 9.97. The first-order chi connectivity index (χ1) is 20.9. The van der Waals surface area contributed by atoms with Crippen LogP contribution >= 0.6 is 0 Å². The normalized spacial score (nSPS) is 20.7. The van der Waals surface area contributed by atoms with Crippen molar-refractivity contribution in [3.05, 3.63) is 59.7 Å². The van der Waals surface area contributed by atoms with Gasteiger partial charge in [-0.15, -0.1) is 0 Å². The molecule has 1 atom stereocenters. The lowest BCUT2D eigenvalue weighted by molar-refractivity contribution is -0.0422. The summed E-state index contributed by atoms with van der Waals surface area (Å²) in [6.07, 6.45) is 0.325. The van der Waals surface area contributed by atoms with Gasteiger partial charge in [0.2, 0.25) is 0 Å². The molecule has 1 saturated heterocycles. The second-order valence-electron chi connectivity index (χ2n) is 12.4. The molecule has 5 heterocycles. The molecule has 43 heavy (non-hydrogen) atoms. The lowest BCUT2D eigenvalue weighted by Gasteiger charge is -2.32. The van der Waals surface area contributed by atoms with Crippen LogP contribution in [0.25, 0.3) is 43.6 Å². The average molecular weight is 581 g/mol. The molecule has 222 valence electrons. The molecular formula is C33H36N6O4. The van der Waals surface area contributed by atoms with Crippen LogP contribution in [-0.4, -0.2) is 94.6 Å². The summed E-state index contributed by atoms with van der Waals surface area (Å²) in [5, 5.41) is 22.2. The Kier molecular flexibility index (Phi) is 6.15. The zero-order valence-electron chi connectivity index (χ0n) is 24.4. The number of alkyl carbamates (subject to hydrolysis) is 1. The van der Waals surface area contributed by atoms with E-state index in [1.54, 1.807) is 0 Å². The van der Waals surface area contributed by atoms with E-state index in [0.717, 1.165) is 93.9 Å². The van der Waals surface area contributed by atoms with Gasteiger partial charge in [-0.05, 0) is 37.7 Å². The molecule has 3 aliphatic heterocycles. The van der Waals surface area contributed by atoms with E-state index in [2.05, 4.69) is 48.7 Å². The summed E-state index contributed by atoms with van der Waals surface area (Å²) in [6.45, 7) is 6.47. The first-order valence-electron chi connectivity index (χ1n) is 15.2. The van der Waals surface area contributed by atoms with Crippen molar-refractivity contribution in [1.82, 2.24) is 29.6 Å². The number of carbonyl (C=O) groups is 2. The minimum Gasteiger partial charge on any atom is -0.446 e. The van der Waals surface area contributed by atoms with Crippen LogP contribution in [0.1, 0.15) is 22.3 Å². The Morgan fingerprint density at radius 3 is 2.28 bits per heavy atom. The average Bonchev–Trinajstić information content (AvgIpc) is 3.62. The summed E-state index contributed by atoms with van der Waals surface area (Å²) in [5.41, 5.74) is 4.21. The summed E-state index contributed by atoms with van der Waals surface area (Å²) in [5.74, 6) is -0.0660. The third kappa shape index (κ3) is 4.19. The van der Waals surface area contributed by atoms with Gasteiger partial charge in [0, 0.05) is 71.8 Å². The third-order valence-electron chi connectivity index (χ3n) is 9.57. The fourth-order valence-corrected chi connectivity index (χ4v) is 7.49. The van der Waals surface area contributed by atoms with Crippen molar-refractivity contribution in [2.75, 3.05) is 52.9 Å². The number of amides is 2. The molecule has 8 rings (SSSR count). The van der Waals surface area contributed by atoms with Crippen LogP contribution < -0.4 is 10.6 Å². The molecule has 0 spiro atoms. The van der Waals surface area contributed by atoms with Crippen molar-refractivity contribution in [3.8, 4) is 0 Å². The Balaban J connectivity index is 1.13. The number of nitrogens with zero attached hydrogens (tertiary/aromatic N) is 4. The summed E-state index contributed by atoms with van der Waals surface area (Å²) in [7, 11) is 2.14. The molecule has 0 aliphatic carbocycles. The van der Waals surface area contributed by atoms with E-state index in [1.807, 2.05) is 36.4 Å². The fraction of sp³-hybridized carbons (Fsp3) is 0.394. The number of para-hydroxylation sites is 2. The molecule has 1 unspecified atom stereocenters. The number of hydrogen-bond donors (Lipinski definition) is 3. The number of fused-ring (bicyclic) bond motifs is 9. The van der Waals surface area contributed by atoms with Crippen molar-refractivity contribution in [3.63, 3.8) is 0 Å². The number of carbonyl (C=O) groups excluding carboxylic acids is 2. The number of aromatic nitrogens is 2. The van der Waals surface area contributed by atoms with Crippen LogP contribution in [0, 0.1) is 0 Å². The SMILES string of the molecule is CN1CCN(CCCNC(=O)OCC2(O)Cn3c4ccccc4c4c5c(c6c7ccccc7n(c6c43)C2)C(=O)NC5)CC1. The first kappa shape index (κ1) is 26.5. The summed E-state index contributed by atoms with van der Waals surface area (Å²) < 4.78 is 9.99. The highest BCUT2D eigenvalue weighted by atomic mass is 16.6. The maximum atomic E-state index is 13.3. The smallest absolute Gasteiger partial charge is 0.407 e. The zero-order chi connectivity index (χ0) is 29.3. The van der Waals surface area contributed by atoms with Gasteiger partial charge in [0.15, 0.2) is 0 Å². The van der Waals surface area contributed by atoms with Crippen LogP contribution in [0.4, 0.5) is 4.79 Å². The van der Waals surface area contributed by atoms with Crippen LogP contribution in [0.2, 0.25) is 0 Å². The monoisotopic (exact) mass is 580 g/mol. The van der Waals surface area contributed by atoms with Crippen LogP contribution in [0.3, 0.4) is 0 Å². The number of hydrogen-bond acceptors (Lipinski definition) is 6. The van der Waals surface area contributed by atoms with E-state index < -0.39 is 11.7 Å². The van der Waals surface area contributed by atoms with E-state index in [1.165, 1.54) is 0 Å². The Morgan fingerprint density at radius 2 is 1.58 bits per heavy atom. The molecule has 3 aromatic carbocycles. The maximum Gasteiger partial charge on any atom is 0.407 e. The van der Waals surface area contributed by atoms with Gasteiger partial charge in [0.05, 0.1) is 29.7 Å². The van der Waals surface area contributed by atoms with E-state index in [0.29, 0.717) is 13.1 Å². The van der Waals surface area contributed by atoms with Gasteiger partial charge in [-0.2, -0.15) is 0 Å². The van der Waals surface area contributed by atoms with Gasteiger partial charge < -0.3 is 39.4 Å². The quantitative estimate of drug-likeness (QED) is 0.267. The Labute approximate surface area is 248 Å². The van der Waals surface area contributed by atoms with E-state index in [9.17, 15) is 14.7 Å². The third-order valence-corrected chi connectivity index (χ3v) is 9.57. The largest absolute Gasteiger partial charge is 0.446 e. The molecular weight excluding hydrogens is 544 g/mol. The molecule has 3 aliphatic rings. The Hall–Kier alpha value is -4.12.